The second-order valence-corrected chi connectivity index (χ2v) is 5.28. The summed E-state index contributed by atoms with van der Waals surface area (Å²) in [5.74, 6) is -0.267. The number of hydrogen-bond donors (Lipinski definition) is 1. The Morgan fingerprint density at radius 3 is 2.80 bits per heavy atom. The summed E-state index contributed by atoms with van der Waals surface area (Å²) in [6.45, 7) is 1.39. The Hall–Kier alpha value is -1.20. The van der Waals surface area contributed by atoms with Crippen LogP contribution >= 0.6 is 11.6 Å². The van der Waals surface area contributed by atoms with Crippen molar-refractivity contribution < 1.29 is 13.6 Å². The highest BCUT2D eigenvalue weighted by Crippen LogP contribution is 2.29. The number of benzene rings is 1. The van der Waals surface area contributed by atoms with Gasteiger partial charge < -0.3 is 4.90 Å². The highest BCUT2D eigenvalue weighted by molar-refractivity contribution is 6.30. The summed E-state index contributed by atoms with van der Waals surface area (Å²) >= 11 is 5.93. The minimum atomic E-state index is -2.55. The van der Waals surface area contributed by atoms with Crippen LogP contribution in [0, 0.1) is 0 Å². The minimum absolute atomic E-state index is 0.267. The van der Waals surface area contributed by atoms with Crippen LogP contribution in [0.3, 0.4) is 0 Å². The summed E-state index contributed by atoms with van der Waals surface area (Å²) in [5, 5.41) is 3.65. The molecule has 3 nitrogen and oxygen atoms in total. The molecule has 1 saturated heterocycles. The number of carbonyl (C=O) groups excluding carboxylic acids is 1. The molecule has 1 amide bonds. The number of halogens is 3. The minimum Gasteiger partial charge on any atom is -0.316 e. The van der Waals surface area contributed by atoms with Gasteiger partial charge in [-0.1, -0.05) is 37.1 Å². The molecule has 0 aliphatic carbocycles. The van der Waals surface area contributed by atoms with Crippen LogP contribution in [0.2, 0.25) is 5.02 Å². The highest BCUT2D eigenvalue weighted by Gasteiger charge is 2.40. The molecule has 20 heavy (non-hydrogen) atoms. The molecule has 2 atom stereocenters. The maximum Gasteiger partial charge on any atom is 0.255 e. The van der Waals surface area contributed by atoms with Crippen molar-refractivity contribution >= 4 is 17.5 Å². The highest BCUT2D eigenvalue weighted by atomic mass is 35.5. The lowest BCUT2D eigenvalue weighted by Gasteiger charge is -2.24. The van der Waals surface area contributed by atoms with Crippen molar-refractivity contribution in [1.82, 2.24) is 10.2 Å². The van der Waals surface area contributed by atoms with Gasteiger partial charge in [0.05, 0.1) is 12.6 Å². The Kier molecular flexibility index (Phi) is 4.94. The maximum atomic E-state index is 12.7. The first-order valence-corrected chi connectivity index (χ1v) is 7.01. The predicted molar refractivity (Wildman–Crippen MR) is 73.7 cm³/mol. The zero-order chi connectivity index (χ0) is 14.7. The number of nitrogens with one attached hydrogen (secondary N) is 1. The molecule has 0 aromatic heterocycles. The Labute approximate surface area is 121 Å². The zero-order valence-electron chi connectivity index (χ0n) is 11.2. The predicted octanol–water partition coefficient (Wildman–Crippen LogP) is 3.20. The number of amides is 1. The topological polar surface area (TPSA) is 32.3 Å². The molecule has 110 valence electrons. The lowest BCUT2D eigenvalue weighted by Crippen LogP contribution is -2.35. The molecule has 1 aromatic rings. The number of rotatable bonds is 5. The lowest BCUT2D eigenvalue weighted by molar-refractivity contribution is -0.132. The lowest BCUT2D eigenvalue weighted by atomic mass is 10.1. The van der Waals surface area contributed by atoms with Crippen molar-refractivity contribution in [2.75, 3.05) is 6.54 Å². The second-order valence-electron chi connectivity index (χ2n) is 4.85. The van der Waals surface area contributed by atoms with E-state index < -0.39 is 25.2 Å². The molecule has 2 unspecified atom stereocenters. The van der Waals surface area contributed by atoms with Crippen LogP contribution < -0.4 is 5.32 Å². The number of hydrogen-bond acceptors (Lipinski definition) is 2. The quantitative estimate of drug-likeness (QED) is 0.906. The Morgan fingerprint density at radius 1 is 1.45 bits per heavy atom. The number of alkyl halides is 2. The fourth-order valence-corrected chi connectivity index (χ4v) is 2.67. The van der Waals surface area contributed by atoms with E-state index in [1.54, 1.807) is 24.3 Å². The van der Waals surface area contributed by atoms with Crippen molar-refractivity contribution in [3.8, 4) is 0 Å². The first kappa shape index (κ1) is 15.2. The summed E-state index contributed by atoms with van der Waals surface area (Å²) < 4.78 is 25.4. The third kappa shape index (κ3) is 3.27. The largest absolute Gasteiger partial charge is 0.316 e. The van der Waals surface area contributed by atoms with E-state index >= 15 is 0 Å². The molecule has 6 heteroatoms. The van der Waals surface area contributed by atoms with E-state index in [9.17, 15) is 13.6 Å². The summed E-state index contributed by atoms with van der Waals surface area (Å²) in [6, 6.07) is 6.53. The average molecular weight is 303 g/mol. The zero-order valence-corrected chi connectivity index (χ0v) is 11.9. The molecule has 0 saturated carbocycles. The van der Waals surface area contributed by atoms with Gasteiger partial charge in [0, 0.05) is 5.02 Å². The van der Waals surface area contributed by atoms with Crippen LogP contribution in [0.1, 0.15) is 31.5 Å². The van der Waals surface area contributed by atoms with Gasteiger partial charge in [-0.25, -0.2) is 8.78 Å². The smallest absolute Gasteiger partial charge is 0.255 e. The average Bonchev–Trinajstić information content (AvgIpc) is 2.68. The molecule has 0 radical (unpaired) electrons. The Morgan fingerprint density at radius 2 is 2.20 bits per heavy atom. The van der Waals surface area contributed by atoms with E-state index in [2.05, 4.69) is 5.32 Å². The van der Waals surface area contributed by atoms with Gasteiger partial charge in [-0.15, -0.1) is 0 Å². The summed E-state index contributed by atoms with van der Waals surface area (Å²) in [7, 11) is 0. The van der Waals surface area contributed by atoms with Crippen LogP contribution in [0.4, 0.5) is 8.78 Å². The fraction of sp³-hybridized carbons (Fsp3) is 0.500. The van der Waals surface area contributed by atoms with E-state index in [-0.39, 0.29) is 5.91 Å². The van der Waals surface area contributed by atoms with Gasteiger partial charge >= 0.3 is 0 Å². The first-order valence-electron chi connectivity index (χ1n) is 6.63. The molecule has 1 aromatic carbocycles. The Bertz CT molecular complexity index is 484. The first-order chi connectivity index (χ1) is 9.52. The van der Waals surface area contributed by atoms with E-state index in [1.165, 1.54) is 4.90 Å². The van der Waals surface area contributed by atoms with Gasteiger partial charge in [-0.2, -0.15) is 0 Å². The Balaban J connectivity index is 2.26. The van der Waals surface area contributed by atoms with Crippen LogP contribution in [-0.4, -0.2) is 29.8 Å². The molecular formula is C14H17ClF2N2O. The monoisotopic (exact) mass is 302 g/mol. The fourth-order valence-electron chi connectivity index (χ4n) is 2.47. The summed E-state index contributed by atoms with van der Waals surface area (Å²) in [4.78, 5) is 13.4. The molecule has 1 N–H and O–H groups in total. The van der Waals surface area contributed by atoms with Gasteiger partial charge in [-0.3, -0.25) is 10.1 Å². The van der Waals surface area contributed by atoms with Gasteiger partial charge in [-0.05, 0) is 24.1 Å². The molecule has 1 aliphatic rings. The van der Waals surface area contributed by atoms with Crippen molar-refractivity contribution in [2.45, 2.75) is 38.4 Å². The SMILES string of the molecule is CCCC1NC(c2cccc(Cl)c2)N(CC(F)F)C1=O. The molecule has 2 rings (SSSR count). The maximum absolute atomic E-state index is 12.7. The van der Waals surface area contributed by atoms with Crippen molar-refractivity contribution in [2.24, 2.45) is 0 Å². The van der Waals surface area contributed by atoms with Gasteiger partial charge in [0.1, 0.15) is 6.17 Å². The molecule has 1 fully saturated rings. The second kappa shape index (κ2) is 6.50. The van der Waals surface area contributed by atoms with E-state index in [4.69, 9.17) is 11.6 Å². The molecule has 1 aliphatic heterocycles. The summed E-state index contributed by atoms with van der Waals surface area (Å²) in [6.07, 6.45) is -1.64. The van der Waals surface area contributed by atoms with Crippen molar-refractivity contribution in [3.63, 3.8) is 0 Å². The van der Waals surface area contributed by atoms with Crippen LogP contribution in [0.15, 0.2) is 24.3 Å². The van der Waals surface area contributed by atoms with Gasteiger partial charge in [0.2, 0.25) is 5.91 Å². The van der Waals surface area contributed by atoms with Gasteiger partial charge in [0.15, 0.2) is 0 Å². The van der Waals surface area contributed by atoms with E-state index in [1.807, 2.05) is 6.92 Å². The standard InChI is InChI=1S/C14H17ClF2N2O/c1-2-4-11-14(20)19(8-12(16)17)13(18-11)9-5-3-6-10(15)7-9/h3,5-7,11-13,18H,2,4,8H2,1H3. The summed E-state index contributed by atoms with van der Waals surface area (Å²) in [5.41, 5.74) is 0.727. The molecular weight excluding hydrogens is 286 g/mol. The third-order valence-electron chi connectivity index (χ3n) is 3.33. The molecule has 0 spiro atoms. The molecule has 1 heterocycles. The van der Waals surface area contributed by atoms with Crippen LogP contribution in [-0.2, 0) is 4.79 Å². The third-order valence-corrected chi connectivity index (χ3v) is 3.56. The normalized spacial score (nSPS) is 22.9. The van der Waals surface area contributed by atoms with Crippen molar-refractivity contribution in [1.29, 1.82) is 0 Å². The van der Waals surface area contributed by atoms with E-state index in [0.29, 0.717) is 11.4 Å². The van der Waals surface area contributed by atoms with Crippen molar-refractivity contribution in [3.05, 3.63) is 34.9 Å². The van der Waals surface area contributed by atoms with Gasteiger partial charge in [0.25, 0.3) is 6.43 Å². The number of nitrogens with zero attached hydrogens (tertiary/aromatic N) is 1. The number of carbonyl (C=O) groups is 1. The van der Waals surface area contributed by atoms with Crippen LogP contribution in [0.5, 0.6) is 0 Å². The van der Waals surface area contributed by atoms with E-state index in [0.717, 1.165) is 12.0 Å². The van der Waals surface area contributed by atoms with Crippen LogP contribution in [0.25, 0.3) is 0 Å². The molecule has 0 bridgehead atoms.